The summed E-state index contributed by atoms with van der Waals surface area (Å²) in [6.07, 6.45) is 0. The summed E-state index contributed by atoms with van der Waals surface area (Å²) in [5.74, 6) is 0.758. The maximum Gasteiger partial charge on any atom is 0.255 e. The number of fused-ring (bicyclic) bond motifs is 1. The van der Waals surface area contributed by atoms with Crippen molar-refractivity contribution in [1.82, 2.24) is 0 Å². The molecule has 0 unspecified atom stereocenters. The van der Waals surface area contributed by atoms with Crippen molar-refractivity contribution in [3.8, 4) is 11.5 Å². The van der Waals surface area contributed by atoms with Crippen LogP contribution in [0.3, 0.4) is 0 Å². The molecule has 2 amide bonds. The fraction of sp³-hybridized carbons (Fsp3) is 0.263. The molecule has 2 N–H and O–H groups in total. The molecule has 136 valence electrons. The Labute approximate surface area is 151 Å². The number of ether oxygens (including phenoxy) is 2. The van der Waals surface area contributed by atoms with Gasteiger partial charge in [0.15, 0.2) is 11.5 Å². The Bertz CT molecular complexity index is 879. The number of rotatable bonds is 4. The zero-order valence-corrected chi connectivity index (χ0v) is 15.2. The van der Waals surface area contributed by atoms with Gasteiger partial charge >= 0.3 is 0 Å². The third-order valence-electron chi connectivity index (χ3n) is 4.30. The van der Waals surface area contributed by atoms with Crippen LogP contribution in [0.25, 0.3) is 0 Å². The van der Waals surface area contributed by atoms with E-state index in [4.69, 9.17) is 9.47 Å². The molecule has 0 radical (unpaired) electrons. The highest BCUT2D eigenvalue weighted by molar-refractivity contribution is 6.08. The van der Waals surface area contributed by atoms with Crippen LogP contribution >= 0.6 is 0 Å². The highest BCUT2D eigenvalue weighted by atomic mass is 16.5. The molecular weight excluding hydrogens is 334 g/mol. The van der Waals surface area contributed by atoms with Crippen LogP contribution in [0.2, 0.25) is 0 Å². The summed E-state index contributed by atoms with van der Waals surface area (Å²) in [6.45, 7) is 2.17. The molecule has 0 saturated heterocycles. The molecule has 7 heteroatoms. The monoisotopic (exact) mass is 355 g/mol. The fourth-order valence-corrected chi connectivity index (χ4v) is 2.91. The number of nitrogens with zero attached hydrogens (tertiary/aromatic N) is 1. The molecule has 0 saturated carbocycles. The Morgan fingerprint density at radius 3 is 2.54 bits per heavy atom. The van der Waals surface area contributed by atoms with Gasteiger partial charge in [-0.15, -0.1) is 0 Å². The number of carbonyl (C=O) groups is 2. The first-order valence-corrected chi connectivity index (χ1v) is 8.12. The van der Waals surface area contributed by atoms with Gasteiger partial charge in [-0.2, -0.15) is 0 Å². The van der Waals surface area contributed by atoms with Crippen molar-refractivity contribution in [2.75, 3.05) is 43.3 Å². The largest absolute Gasteiger partial charge is 0.493 e. The average molecular weight is 355 g/mol. The second kappa shape index (κ2) is 6.95. The molecule has 26 heavy (non-hydrogen) atoms. The molecule has 1 aliphatic heterocycles. The van der Waals surface area contributed by atoms with E-state index in [9.17, 15) is 9.59 Å². The SMILES string of the molecule is COc1cc(C)c(NC(=O)c2ccc3c(c2)NC(=O)CN3C)cc1OC. The third kappa shape index (κ3) is 3.28. The number of hydrogen-bond acceptors (Lipinski definition) is 5. The highest BCUT2D eigenvalue weighted by Crippen LogP contribution is 2.34. The van der Waals surface area contributed by atoms with Crippen LogP contribution < -0.4 is 25.0 Å². The van der Waals surface area contributed by atoms with Gasteiger partial charge in [-0.3, -0.25) is 9.59 Å². The van der Waals surface area contributed by atoms with E-state index in [-0.39, 0.29) is 11.8 Å². The molecular formula is C19H21N3O4. The Kier molecular flexibility index (Phi) is 4.71. The number of nitrogens with one attached hydrogen (secondary N) is 2. The minimum absolute atomic E-state index is 0.103. The van der Waals surface area contributed by atoms with Crippen LogP contribution in [-0.2, 0) is 4.79 Å². The molecule has 2 aromatic rings. The lowest BCUT2D eigenvalue weighted by atomic mass is 10.1. The molecule has 1 heterocycles. The average Bonchev–Trinajstić information content (AvgIpc) is 2.62. The number of amides is 2. The van der Waals surface area contributed by atoms with Gasteiger partial charge in [-0.1, -0.05) is 0 Å². The maximum atomic E-state index is 12.7. The molecule has 0 fully saturated rings. The summed E-state index contributed by atoms with van der Waals surface area (Å²) in [6, 6.07) is 8.76. The first kappa shape index (κ1) is 17.6. The van der Waals surface area contributed by atoms with Crippen LogP contribution in [0.4, 0.5) is 17.1 Å². The van der Waals surface area contributed by atoms with Crippen molar-refractivity contribution >= 4 is 28.9 Å². The highest BCUT2D eigenvalue weighted by Gasteiger charge is 2.21. The van der Waals surface area contributed by atoms with E-state index in [1.807, 2.05) is 24.9 Å². The second-order valence-electron chi connectivity index (χ2n) is 6.11. The van der Waals surface area contributed by atoms with Crippen LogP contribution in [-0.4, -0.2) is 39.6 Å². The number of aryl methyl sites for hydroxylation is 1. The number of benzene rings is 2. The van der Waals surface area contributed by atoms with Crippen molar-refractivity contribution in [3.05, 3.63) is 41.5 Å². The van der Waals surface area contributed by atoms with Gasteiger partial charge in [-0.25, -0.2) is 0 Å². The lowest BCUT2D eigenvalue weighted by Crippen LogP contribution is -2.35. The normalized spacial score (nSPS) is 12.9. The summed E-state index contributed by atoms with van der Waals surface area (Å²) < 4.78 is 10.5. The van der Waals surface area contributed by atoms with E-state index in [1.54, 1.807) is 38.5 Å². The van der Waals surface area contributed by atoms with Crippen LogP contribution in [0, 0.1) is 6.92 Å². The van der Waals surface area contributed by atoms with E-state index in [0.29, 0.717) is 35.0 Å². The first-order chi connectivity index (χ1) is 12.4. The minimum atomic E-state index is -0.273. The van der Waals surface area contributed by atoms with Crippen molar-refractivity contribution in [2.45, 2.75) is 6.92 Å². The summed E-state index contributed by atoms with van der Waals surface area (Å²) in [5, 5.41) is 5.68. The van der Waals surface area contributed by atoms with Crippen molar-refractivity contribution in [1.29, 1.82) is 0 Å². The van der Waals surface area contributed by atoms with Crippen LogP contribution in [0.15, 0.2) is 30.3 Å². The van der Waals surface area contributed by atoms with Gasteiger partial charge in [0.1, 0.15) is 0 Å². The van der Waals surface area contributed by atoms with Gasteiger partial charge in [0.05, 0.1) is 32.1 Å². The molecule has 0 bridgehead atoms. The predicted molar refractivity (Wildman–Crippen MR) is 101 cm³/mol. The summed E-state index contributed by atoms with van der Waals surface area (Å²) in [5.41, 5.74) is 3.44. The van der Waals surface area contributed by atoms with Gasteiger partial charge in [0, 0.05) is 24.4 Å². The maximum absolute atomic E-state index is 12.7. The Hall–Kier alpha value is -3.22. The van der Waals surface area contributed by atoms with Crippen molar-refractivity contribution in [3.63, 3.8) is 0 Å². The molecule has 0 spiro atoms. The smallest absolute Gasteiger partial charge is 0.255 e. The summed E-state index contributed by atoms with van der Waals surface area (Å²) in [7, 11) is 4.94. The number of carbonyl (C=O) groups excluding carboxylic acids is 2. The van der Waals surface area contributed by atoms with Crippen LogP contribution in [0.1, 0.15) is 15.9 Å². The first-order valence-electron chi connectivity index (χ1n) is 8.12. The van der Waals surface area contributed by atoms with E-state index < -0.39 is 0 Å². The molecule has 0 aliphatic carbocycles. The summed E-state index contributed by atoms with van der Waals surface area (Å²) in [4.78, 5) is 26.2. The zero-order chi connectivity index (χ0) is 18.8. The quantitative estimate of drug-likeness (QED) is 0.881. The number of methoxy groups -OCH3 is 2. The van der Waals surface area contributed by atoms with E-state index >= 15 is 0 Å². The van der Waals surface area contributed by atoms with Crippen molar-refractivity contribution < 1.29 is 19.1 Å². The number of anilines is 3. The molecule has 2 aromatic carbocycles. The lowest BCUT2D eigenvalue weighted by molar-refractivity contribution is -0.115. The number of likely N-dealkylation sites (N-methyl/N-ethyl adjacent to an activating group) is 1. The number of hydrogen-bond donors (Lipinski definition) is 2. The molecule has 0 aromatic heterocycles. The van der Waals surface area contributed by atoms with Gasteiger partial charge < -0.3 is 25.0 Å². The Balaban J connectivity index is 1.87. The van der Waals surface area contributed by atoms with Crippen molar-refractivity contribution in [2.24, 2.45) is 0 Å². The molecule has 7 nitrogen and oxygen atoms in total. The fourth-order valence-electron chi connectivity index (χ4n) is 2.91. The molecule has 1 aliphatic rings. The lowest BCUT2D eigenvalue weighted by Gasteiger charge is -2.27. The van der Waals surface area contributed by atoms with Gasteiger partial charge in [0.25, 0.3) is 5.91 Å². The Morgan fingerprint density at radius 1 is 1.15 bits per heavy atom. The Morgan fingerprint density at radius 2 is 1.85 bits per heavy atom. The molecule has 3 rings (SSSR count). The zero-order valence-electron chi connectivity index (χ0n) is 15.2. The topological polar surface area (TPSA) is 79.9 Å². The third-order valence-corrected chi connectivity index (χ3v) is 4.30. The van der Waals surface area contributed by atoms with Gasteiger partial charge in [0.2, 0.25) is 5.91 Å². The second-order valence-corrected chi connectivity index (χ2v) is 6.11. The standard InChI is InChI=1S/C19H21N3O4/c1-11-7-16(25-3)17(26-4)9-13(11)21-19(24)12-5-6-15-14(8-12)20-18(23)10-22(15)2/h5-9H,10H2,1-4H3,(H,20,23)(H,21,24). The van der Waals surface area contributed by atoms with Gasteiger partial charge in [-0.05, 0) is 36.8 Å². The summed E-state index contributed by atoms with van der Waals surface area (Å²) >= 11 is 0. The van der Waals surface area contributed by atoms with E-state index in [0.717, 1.165) is 11.3 Å². The van der Waals surface area contributed by atoms with Crippen LogP contribution in [0.5, 0.6) is 11.5 Å². The minimum Gasteiger partial charge on any atom is -0.493 e. The molecule has 0 atom stereocenters. The predicted octanol–water partition coefficient (Wildman–Crippen LogP) is 2.65. The van der Waals surface area contributed by atoms with E-state index in [2.05, 4.69) is 10.6 Å². The van der Waals surface area contributed by atoms with E-state index in [1.165, 1.54) is 0 Å².